The van der Waals surface area contributed by atoms with Crippen LogP contribution < -0.4 is 15.4 Å². The van der Waals surface area contributed by atoms with E-state index in [1.54, 1.807) is 26.3 Å². The Kier molecular flexibility index (Phi) is 14.1. The van der Waals surface area contributed by atoms with E-state index >= 15 is 0 Å². The fraction of sp³-hybridized carbons (Fsp3) is 0.562. The van der Waals surface area contributed by atoms with E-state index < -0.39 is 0 Å². The number of guanidine groups is 1. The number of methoxy groups -OCH3 is 1. The van der Waals surface area contributed by atoms with Crippen LogP contribution in [-0.4, -0.2) is 59.1 Å². The Morgan fingerprint density at radius 3 is 2.50 bits per heavy atom. The molecule has 0 spiro atoms. The minimum atomic E-state index is -0.00678. The van der Waals surface area contributed by atoms with Gasteiger partial charge >= 0.3 is 0 Å². The third-order valence-corrected chi connectivity index (χ3v) is 3.15. The third-order valence-electron chi connectivity index (χ3n) is 2.90. The molecule has 1 atom stereocenters. The molecular formula is C16H27ClIN3O3. The molecule has 8 heteroatoms. The van der Waals surface area contributed by atoms with Crippen molar-refractivity contribution < 1.29 is 14.2 Å². The predicted molar refractivity (Wildman–Crippen MR) is 109 cm³/mol. The van der Waals surface area contributed by atoms with Crippen LogP contribution in [0.4, 0.5) is 0 Å². The zero-order valence-corrected chi connectivity index (χ0v) is 17.5. The van der Waals surface area contributed by atoms with Crippen LogP contribution >= 0.6 is 35.6 Å². The average molecular weight is 472 g/mol. The second-order valence-corrected chi connectivity index (χ2v) is 5.30. The Morgan fingerprint density at radius 2 is 1.88 bits per heavy atom. The maximum Gasteiger partial charge on any atom is 0.191 e. The summed E-state index contributed by atoms with van der Waals surface area (Å²) in [5, 5.41) is 7.08. The maximum absolute atomic E-state index is 5.85. The van der Waals surface area contributed by atoms with Crippen LogP contribution in [0, 0.1) is 0 Å². The number of rotatable bonds is 10. The summed E-state index contributed by atoms with van der Waals surface area (Å²) in [6.45, 7) is 5.09. The second-order valence-electron chi connectivity index (χ2n) is 4.87. The zero-order chi connectivity index (χ0) is 16.9. The van der Waals surface area contributed by atoms with Crippen LogP contribution in [0.3, 0.4) is 0 Å². The standard InChI is InChI=1S/C16H26ClN3O3.HI/c1-13(23-15-6-4-14(17)5-7-15)12-20-16(18-2)19-8-9-22-11-10-21-3;/h4-7,13H,8-12H2,1-3H3,(H2,18,19,20);1H. The van der Waals surface area contributed by atoms with Gasteiger partial charge in [-0.15, -0.1) is 24.0 Å². The van der Waals surface area contributed by atoms with E-state index in [1.165, 1.54) is 0 Å². The van der Waals surface area contributed by atoms with Gasteiger partial charge in [-0.2, -0.15) is 0 Å². The lowest BCUT2D eigenvalue weighted by molar-refractivity contribution is 0.0733. The minimum absolute atomic E-state index is 0. The molecule has 0 heterocycles. The summed E-state index contributed by atoms with van der Waals surface area (Å²) in [5.74, 6) is 1.50. The monoisotopic (exact) mass is 471 g/mol. The highest BCUT2D eigenvalue weighted by atomic mass is 127. The van der Waals surface area contributed by atoms with E-state index in [4.69, 9.17) is 25.8 Å². The summed E-state index contributed by atoms with van der Waals surface area (Å²) >= 11 is 5.85. The Hall–Kier alpha value is -0.770. The van der Waals surface area contributed by atoms with Crippen LogP contribution in [0.15, 0.2) is 29.3 Å². The van der Waals surface area contributed by atoms with Crippen LogP contribution in [0.25, 0.3) is 0 Å². The normalized spacial score (nSPS) is 12.2. The average Bonchev–Trinajstić information content (AvgIpc) is 2.55. The summed E-state index contributed by atoms with van der Waals surface area (Å²) in [6, 6.07) is 7.31. The van der Waals surface area contributed by atoms with Gasteiger partial charge in [-0.05, 0) is 31.2 Å². The molecule has 1 aromatic rings. The number of hydrogen-bond donors (Lipinski definition) is 2. The molecule has 138 valence electrons. The Morgan fingerprint density at radius 1 is 1.17 bits per heavy atom. The van der Waals surface area contributed by atoms with Crippen LogP contribution in [0.2, 0.25) is 5.02 Å². The number of nitrogens with zero attached hydrogens (tertiary/aromatic N) is 1. The van der Waals surface area contributed by atoms with Crippen molar-refractivity contribution >= 4 is 41.5 Å². The molecule has 1 aromatic carbocycles. The highest BCUT2D eigenvalue weighted by Crippen LogP contribution is 2.16. The minimum Gasteiger partial charge on any atom is -0.489 e. The van der Waals surface area contributed by atoms with Crippen molar-refractivity contribution in [3.63, 3.8) is 0 Å². The van der Waals surface area contributed by atoms with E-state index in [-0.39, 0.29) is 30.1 Å². The molecule has 6 nitrogen and oxygen atoms in total. The molecule has 0 aliphatic rings. The molecule has 0 aromatic heterocycles. The first-order chi connectivity index (χ1) is 11.2. The first kappa shape index (κ1) is 23.2. The first-order valence-corrected chi connectivity index (χ1v) is 7.97. The zero-order valence-electron chi connectivity index (χ0n) is 14.4. The molecule has 0 radical (unpaired) electrons. The fourth-order valence-corrected chi connectivity index (χ4v) is 1.86. The molecule has 0 saturated heterocycles. The van der Waals surface area contributed by atoms with Crippen molar-refractivity contribution in [3.8, 4) is 5.75 Å². The van der Waals surface area contributed by atoms with Gasteiger partial charge in [-0.1, -0.05) is 11.6 Å². The SMILES string of the molecule is CN=C(NCCOCCOC)NCC(C)Oc1ccc(Cl)cc1.I. The first-order valence-electron chi connectivity index (χ1n) is 7.59. The fourth-order valence-electron chi connectivity index (χ4n) is 1.73. The molecule has 1 unspecified atom stereocenters. The van der Waals surface area contributed by atoms with Crippen LogP contribution in [0.1, 0.15) is 6.92 Å². The van der Waals surface area contributed by atoms with Crippen molar-refractivity contribution in [2.45, 2.75) is 13.0 Å². The van der Waals surface area contributed by atoms with Gasteiger partial charge in [-0.3, -0.25) is 4.99 Å². The Balaban J connectivity index is 0.00000529. The van der Waals surface area contributed by atoms with Crippen LogP contribution in [-0.2, 0) is 9.47 Å². The number of ether oxygens (including phenoxy) is 3. The molecule has 0 amide bonds. The van der Waals surface area contributed by atoms with Crippen LogP contribution in [0.5, 0.6) is 5.75 Å². The molecule has 24 heavy (non-hydrogen) atoms. The molecular weight excluding hydrogens is 445 g/mol. The molecule has 0 aliphatic heterocycles. The molecule has 0 bridgehead atoms. The predicted octanol–water partition coefficient (Wildman–Crippen LogP) is 2.55. The lowest BCUT2D eigenvalue weighted by Crippen LogP contribution is -2.42. The van der Waals surface area contributed by atoms with E-state index in [9.17, 15) is 0 Å². The molecule has 1 rings (SSSR count). The summed E-state index contributed by atoms with van der Waals surface area (Å²) in [4.78, 5) is 4.15. The maximum atomic E-state index is 5.85. The number of benzene rings is 1. The van der Waals surface area contributed by atoms with Gasteiger partial charge in [0.2, 0.25) is 0 Å². The summed E-state index contributed by atoms with van der Waals surface area (Å²) in [7, 11) is 3.38. The topological polar surface area (TPSA) is 64.1 Å². The van der Waals surface area contributed by atoms with Crippen molar-refractivity contribution in [3.05, 3.63) is 29.3 Å². The van der Waals surface area contributed by atoms with E-state index in [1.807, 2.05) is 19.1 Å². The molecule has 2 N–H and O–H groups in total. The van der Waals surface area contributed by atoms with Gasteiger partial charge in [0.1, 0.15) is 11.9 Å². The quantitative estimate of drug-likeness (QED) is 0.238. The van der Waals surface area contributed by atoms with Gasteiger partial charge < -0.3 is 24.8 Å². The lowest BCUT2D eigenvalue weighted by Gasteiger charge is -2.17. The van der Waals surface area contributed by atoms with Crippen molar-refractivity contribution in [2.24, 2.45) is 4.99 Å². The Bertz CT molecular complexity index is 460. The van der Waals surface area contributed by atoms with Gasteiger partial charge in [-0.25, -0.2) is 0 Å². The smallest absolute Gasteiger partial charge is 0.191 e. The summed E-state index contributed by atoms with van der Waals surface area (Å²) in [5.41, 5.74) is 0. The number of halogens is 2. The third kappa shape index (κ3) is 10.9. The molecule has 0 aliphatic carbocycles. The highest BCUT2D eigenvalue weighted by molar-refractivity contribution is 14.0. The molecule has 0 saturated carbocycles. The van der Waals surface area contributed by atoms with Crippen molar-refractivity contribution in [2.75, 3.05) is 47.1 Å². The highest BCUT2D eigenvalue weighted by Gasteiger charge is 2.05. The van der Waals surface area contributed by atoms with E-state index in [2.05, 4.69) is 15.6 Å². The Labute approximate surface area is 166 Å². The number of nitrogens with one attached hydrogen (secondary N) is 2. The van der Waals surface area contributed by atoms with E-state index in [0.717, 1.165) is 5.75 Å². The number of hydrogen-bond acceptors (Lipinski definition) is 4. The number of aliphatic imine (C=N–C) groups is 1. The summed E-state index contributed by atoms with van der Waals surface area (Å²) < 4.78 is 16.1. The lowest BCUT2D eigenvalue weighted by atomic mass is 10.3. The van der Waals surface area contributed by atoms with Gasteiger partial charge in [0.15, 0.2) is 5.96 Å². The second kappa shape index (κ2) is 14.6. The van der Waals surface area contributed by atoms with Crippen molar-refractivity contribution in [1.29, 1.82) is 0 Å². The summed E-state index contributed by atoms with van der Waals surface area (Å²) in [6.07, 6.45) is -0.00678. The van der Waals surface area contributed by atoms with Gasteiger partial charge in [0, 0.05) is 25.7 Å². The molecule has 0 fully saturated rings. The van der Waals surface area contributed by atoms with Crippen molar-refractivity contribution in [1.82, 2.24) is 10.6 Å². The van der Waals surface area contributed by atoms with Gasteiger partial charge in [0.05, 0.1) is 26.4 Å². The van der Waals surface area contributed by atoms with E-state index in [0.29, 0.717) is 43.9 Å². The largest absolute Gasteiger partial charge is 0.489 e. The van der Waals surface area contributed by atoms with Gasteiger partial charge in [0.25, 0.3) is 0 Å².